The van der Waals surface area contributed by atoms with Gasteiger partial charge in [-0.3, -0.25) is 9.59 Å². The molecule has 0 saturated carbocycles. The zero-order valence-electron chi connectivity index (χ0n) is 14.1. The number of carbonyl (C=O) groups is 2. The van der Waals surface area contributed by atoms with Gasteiger partial charge in [-0.15, -0.1) is 11.3 Å². The van der Waals surface area contributed by atoms with Gasteiger partial charge >= 0.3 is 5.97 Å². The van der Waals surface area contributed by atoms with Crippen LogP contribution in [0.2, 0.25) is 0 Å². The summed E-state index contributed by atoms with van der Waals surface area (Å²) in [5.41, 5.74) is 3.25. The third-order valence-corrected chi connectivity index (χ3v) is 5.34. The molecule has 0 bridgehead atoms. The second-order valence-corrected chi connectivity index (χ2v) is 7.15. The molecule has 0 aliphatic carbocycles. The summed E-state index contributed by atoms with van der Waals surface area (Å²) >= 11 is 1.40. The van der Waals surface area contributed by atoms with Crippen LogP contribution in [-0.4, -0.2) is 23.0 Å². The highest BCUT2D eigenvalue weighted by Crippen LogP contribution is 2.33. The standard InChI is InChI=1S/C20H19NO3S/c1-12-7-9-14(10-8-12)11-16-15-5-3-4-6-17(15)25-18(16)19(22)21-13(2)20(23)24/h3-10,13H,11H2,1-2H3,(H,21,22)(H,23,24). The predicted octanol–water partition coefficient (Wildman–Crippen LogP) is 4.00. The summed E-state index contributed by atoms with van der Waals surface area (Å²) in [5, 5.41) is 12.6. The van der Waals surface area contributed by atoms with Crippen molar-refractivity contribution in [1.82, 2.24) is 5.32 Å². The number of hydrogen-bond acceptors (Lipinski definition) is 3. The molecule has 2 N–H and O–H groups in total. The zero-order chi connectivity index (χ0) is 18.0. The second kappa shape index (κ2) is 7.07. The van der Waals surface area contributed by atoms with Gasteiger partial charge in [0.15, 0.2) is 0 Å². The molecule has 0 saturated heterocycles. The van der Waals surface area contributed by atoms with Crippen LogP contribution in [0, 0.1) is 6.92 Å². The van der Waals surface area contributed by atoms with Crippen LogP contribution in [0.25, 0.3) is 10.1 Å². The summed E-state index contributed by atoms with van der Waals surface area (Å²) in [5.74, 6) is -1.38. The largest absolute Gasteiger partial charge is 0.480 e. The normalized spacial score (nSPS) is 12.1. The molecule has 1 amide bonds. The molecule has 0 radical (unpaired) electrons. The zero-order valence-corrected chi connectivity index (χ0v) is 14.9. The number of hydrogen-bond donors (Lipinski definition) is 2. The van der Waals surface area contributed by atoms with E-state index < -0.39 is 12.0 Å². The minimum atomic E-state index is -1.05. The van der Waals surface area contributed by atoms with Crippen LogP contribution >= 0.6 is 11.3 Å². The molecule has 4 nitrogen and oxygen atoms in total. The van der Waals surface area contributed by atoms with E-state index in [-0.39, 0.29) is 5.91 Å². The number of carboxylic acid groups (broad SMARTS) is 1. The van der Waals surface area contributed by atoms with Gasteiger partial charge in [-0.25, -0.2) is 0 Å². The van der Waals surface area contributed by atoms with Crippen molar-refractivity contribution in [3.8, 4) is 0 Å². The van der Waals surface area contributed by atoms with Crippen molar-refractivity contribution in [2.45, 2.75) is 26.3 Å². The van der Waals surface area contributed by atoms with Gasteiger partial charge in [0.05, 0.1) is 4.88 Å². The van der Waals surface area contributed by atoms with E-state index in [1.54, 1.807) is 0 Å². The summed E-state index contributed by atoms with van der Waals surface area (Å²) in [7, 11) is 0. The minimum Gasteiger partial charge on any atom is -0.480 e. The number of carbonyl (C=O) groups excluding carboxylic acids is 1. The first-order valence-electron chi connectivity index (χ1n) is 8.05. The highest BCUT2D eigenvalue weighted by atomic mass is 32.1. The number of aryl methyl sites for hydroxylation is 1. The van der Waals surface area contributed by atoms with E-state index in [9.17, 15) is 9.59 Å². The van der Waals surface area contributed by atoms with Crippen LogP contribution in [0.5, 0.6) is 0 Å². The molecular formula is C20H19NO3S. The van der Waals surface area contributed by atoms with E-state index in [0.29, 0.717) is 11.3 Å². The first-order valence-corrected chi connectivity index (χ1v) is 8.87. The van der Waals surface area contributed by atoms with E-state index in [1.165, 1.54) is 23.8 Å². The highest BCUT2D eigenvalue weighted by molar-refractivity contribution is 7.21. The number of thiophene rings is 1. The molecule has 1 unspecified atom stereocenters. The molecule has 3 aromatic rings. The molecule has 2 aromatic carbocycles. The van der Waals surface area contributed by atoms with Crippen molar-refractivity contribution in [2.75, 3.05) is 0 Å². The van der Waals surface area contributed by atoms with Crippen molar-refractivity contribution < 1.29 is 14.7 Å². The van der Waals surface area contributed by atoms with Gasteiger partial charge in [-0.1, -0.05) is 48.0 Å². The molecule has 1 heterocycles. The minimum absolute atomic E-state index is 0.335. The summed E-state index contributed by atoms with van der Waals surface area (Å²) in [6, 6.07) is 15.2. The average Bonchev–Trinajstić information content (AvgIpc) is 2.95. The molecule has 25 heavy (non-hydrogen) atoms. The van der Waals surface area contributed by atoms with Gasteiger partial charge in [0.2, 0.25) is 0 Å². The van der Waals surface area contributed by atoms with Crippen molar-refractivity contribution in [2.24, 2.45) is 0 Å². The smallest absolute Gasteiger partial charge is 0.325 e. The van der Waals surface area contributed by atoms with Crippen LogP contribution in [0.1, 0.15) is 33.3 Å². The Hall–Kier alpha value is -2.66. The topological polar surface area (TPSA) is 66.4 Å². The van der Waals surface area contributed by atoms with Gasteiger partial charge in [-0.05, 0) is 42.8 Å². The molecule has 5 heteroatoms. The molecule has 3 rings (SSSR count). The number of fused-ring (bicyclic) bond motifs is 1. The third-order valence-electron chi connectivity index (χ3n) is 4.12. The number of carboxylic acids is 1. The van der Waals surface area contributed by atoms with Gasteiger partial charge in [0.1, 0.15) is 6.04 Å². The Kier molecular flexibility index (Phi) is 4.86. The lowest BCUT2D eigenvalue weighted by Gasteiger charge is -2.10. The number of benzene rings is 2. The third kappa shape index (κ3) is 3.72. The van der Waals surface area contributed by atoms with Crippen molar-refractivity contribution in [3.63, 3.8) is 0 Å². The van der Waals surface area contributed by atoms with Crippen LogP contribution in [0.3, 0.4) is 0 Å². The van der Waals surface area contributed by atoms with Crippen LogP contribution in [0.15, 0.2) is 48.5 Å². The molecule has 0 spiro atoms. The van der Waals surface area contributed by atoms with Crippen LogP contribution in [0.4, 0.5) is 0 Å². The Balaban J connectivity index is 2.01. The Bertz CT molecular complexity index is 928. The first-order chi connectivity index (χ1) is 12.0. The second-order valence-electron chi connectivity index (χ2n) is 6.10. The van der Waals surface area contributed by atoms with E-state index in [1.807, 2.05) is 31.2 Å². The summed E-state index contributed by atoms with van der Waals surface area (Å²) in [6.07, 6.45) is 0.633. The number of nitrogens with one attached hydrogen (secondary N) is 1. The van der Waals surface area contributed by atoms with Crippen molar-refractivity contribution >= 4 is 33.3 Å². The van der Waals surface area contributed by atoms with Crippen LogP contribution in [-0.2, 0) is 11.2 Å². The molecule has 128 valence electrons. The van der Waals surface area contributed by atoms with Crippen molar-refractivity contribution in [3.05, 3.63) is 70.1 Å². The Labute approximate surface area is 150 Å². The van der Waals surface area contributed by atoms with Gasteiger partial charge < -0.3 is 10.4 Å². The lowest BCUT2D eigenvalue weighted by Crippen LogP contribution is -2.38. The quantitative estimate of drug-likeness (QED) is 0.728. The Morgan fingerprint density at radius 3 is 2.48 bits per heavy atom. The fourth-order valence-electron chi connectivity index (χ4n) is 2.69. The molecule has 1 aromatic heterocycles. The number of amides is 1. The maximum absolute atomic E-state index is 12.6. The molecule has 0 fully saturated rings. The van der Waals surface area contributed by atoms with Crippen molar-refractivity contribution in [1.29, 1.82) is 0 Å². The van der Waals surface area contributed by atoms with E-state index in [0.717, 1.165) is 21.2 Å². The van der Waals surface area contributed by atoms with Gasteiger partial charge in [0, 0.05) is 4.70 Å². The fraction of sp³-hybridized carbons (Fsp3) is 0.200. The van der Waals surface area contributed by atoms with E-state index >= 15 is 0 Å². The average molecular weight is 353 g/mol. The maximum Gasteiger partial charge on any atom is 0.325 e. The maximum atomic E-state index is 12.6. The molecule has 0 aliphatic rings. The lowest BCUT2D eigenvalue weighted by molar-refractivity contribution is -0.138. The summed E-state index contributed by atoms with van der Waals surface area (Å²) in [6.45, 7) is 3.50. The SMILES string of the molecule is Cc1ccc(Cc2c(C(=O)NC(C)C(=O)O)sc3ccccc23)cc1. The van der Waals surface area contributed by atoms with E-state index in [2.05, 4.69) is 29.6 Å². The highest BCUT2D eigenvalue weighted by Gasteiger charge is 2.21. The van der Waals surface area contributed by atoms with E-state index in [4.69, 9.17) is 5.11 Å². The van der Waals surface area contributed by atoms with Gasteiger partial charge in [-0.2, -0.15) is 0 Å². The summed E-state index contributed by atoms with van der Waals surface area (Å²) < 4.78 is 1.03. The Morgan fingerprint density at radius 1 is 1.12 bits per heavy atom. The predicted molar refractivity (Wildman–Crippen MR) is 100 cm³/mol. The molecule has 1 atom stereocenters. The lowest BCUT2D eigenvalue weighted by atomic mass is 10.0. The number of rotatable bonds is 5. The monoisotopic (exact) mass is 353 g/mol. The molecular weight excluding hydrogens is 334 g/mol. The first kappa shape index (κ1) is 17.2. The fourth-order valence-corrected chi connectivity index (χ4v) is 3.82. The molecule has 0 aliphatic heterocycles. The van der Waals surface area contributed by atoms with Crippen LogP contribution < -0.4 is 5.32 Å². The number of aliphatic carboxylic acids is 1. The summed E-state index contributed by atoms with van der Waals surface area (Å²) in [4.78, 5) is 24.2. The Morgan fingerprint density at radius 2 is 1.80 bits per heavy atom. The van der Waals surface area contributed by atoms with Gasteiger partial charge in [0.25, 0.3) is 5.91 Å².